The van der Waals surface area contributed by atoms with E-state index in [1.807, 2.05) is 19.1 Å². The molecule has 3 aromatic rings. The molecule has 0 saturated carbocycles. The van der Waals surface area contributed by atoms with E-state index < -0.39 is 11.7 Å². The number of benzene rings is 3. The lowest BCUT2D eigenvalue weighted by Crippen LogP contribution is -2.31. The van der Waals surface area contributed by atoms with Crippen LogP contribution in [-0.4, -0.2) is 18.4 Å². The number of nitrogens with one attached hydrogen (secondary N) is 1. The second-order valence-electron chi connectivity index (χ2n) is 7.84. The SMILES string of the molecule is C=CCNC(=O)Cc1ccc(N(Cc2ccc(C(F)(F)F)cc2)C(=O)c2ccccc2C)cc1. The Kier molecular flexibility index (Phi) is 7.89. The second kappa shape index (κ2) is 10.8. The largest absolute Gasteiger partial charge is 0.416 e. The van der Waals surface area contributed by atoms with Gasteiger partial charge in [0, 0.05) is 17.8 Å². The van der Waals surface area contributed by atoms with Gasteiger partial charge < -0.3 is 10.2 Å². The van der Waals surface area contributed by atoms with Crippen molar-refractivity contribution in [2.75, 3.05) is 11.4 Å². The Morgan fingerprint density at radius 3 is 2.15 bits per heavy atom. The summed E-state index contributed by atoms with van der Waals surface area (Å²) < 4.78 is 38.8. The van der Waals surface area contributed by atoms with E-state index in [2.05, 4.69) is 11.9 Å². The van der Waals surface area contributed by atoms with Gasteiger partial charge in [0.05, 0.1) is 18.5 Å². The van der Waals surface area contributed by atoms with E-state index >= 15 is 0 Å². The van der Waals surface area contributed by atoms with Crippen molar-refractivity contribution in [2.24, 2.45) is 0 Å². The van der Waals surface area contributed by atoms with Gasteiger partial charge >= 0.3 is 6.18 Å². The van der Waals surface area contributed by atoms with E-state index in [1.165, 1.54) is 17.0 Å². The summed E-state index contributed by atoms with van der Waals surface area (Å²) in [5, 5.41) is 2.71. The Balaban J connectivity index is 1.89. The molecule has 34 heavy (non-hydrogen) atoms. The zero-order valence-electron chi connectivity index (χ0n) is 18.7. The van der Waals surface area contributed by atoms with Crippen LogP contribution >= 0.6 is 0 Å². The molecule has 0 fully saturated rings. The Morgan fingerprint density at radius 1 is 0.941 bits per heavy atom. The highest BCUT2D eigenvalue weighted by Crippen LogP contribution is 2.30. The Hall–Kier alpha value is -3.87. The van der Waals surface area contributed by atoms with Crippen LogP contribution in [0.2, 0.25) is 0 Å². The molecule has 0 aliphatic carbocycles. The predicted octanol–water partition coefficient (Wildman–Crippen LogP) is 5.71. The van der Waals surface area contributed by atoms with Gasteiger partial charge in [0.2, 0.25) is 5.91 Å². The molecule has 4 nitrogen and oxygen atoms in total. The first-order valence-electron chi connectivity index (χ1n) is 10.7. The van der Waals surface area contributed by atoms with Crippen molar-refractivity contribution in [3.63, 3.8) is 0 Å². The Labute approximate surface area is 196 Å². The van der Waals surface area contributed by atoms with Crippen molar-refractivity contribution in [1.82, 2.24) is 5.32 Å². The molecule has 3 rings (SSSR count). The zero-order valence-corrected chi connectivity index (χ0v) is 18.7. The minimum Gasteiger partial charge on any atom is -0.352 e. The molecule has 3 aromatic carbocycles. The lowest BCUT2D eigenvalue weighted by molar-refractivity contribution is -0.137. The molecule has 0 saturated heterocycles. The van der Waals surface area contributed by atoms with Crippen molar-refractivity contribution < 1.29 is 22.8 Å². The highest BCUT2D eigenvalue weighted by Gasteiger charge is 2.30. The van der Waals surface area contributed by atoms with Crippen molar-refractivity contribution in [1.29, 1.82) is 0 Å². The average molecular weight is 467 g/mol. The third-order valence-electron chi connectivity index (χ3n) is 5.30. The van der Waals surface area contributed by atoms with E-state index in [0.29, 0.717) is 23.4 Å². The van der Waals surface area contributed by atoms with Crippen LogP contribution in [0, 0.1) is 6.92 Å². The number of carbonyl (C=O) groups excluding carboxylic acids is 2. The Bertz CT molecular complexity index is 1150. The van der Waals surface area contributed by atoms with Gasteiger partial charge in [-0.1, -0.05) is 48.5 Å². The van der Waals surface area contributed by atoms with E-state index in [0.717, 1.165) is 23.3 Å². The van der Waals surface area contributed by atoms with Gasteiger partial charge in [-0.25, -0.2) is 0 Å². The van der Waals surface area contributed by atoms with Crippen LogP contribution in [0.5, 0.6) is 0 Å². The second-order valence-corrected chi connectivity index (χ2v) is 7.84. The molecule has 0 aliphatic rings. The van der Waals surface area contributed by atoms with Gasteiger partial charge in [-0.2, -0.15) is 13.2 Å². The molecule has 0 radical (unpaired) electrons. The zero-order chi connectivity index (χ0) is 24.7. The maximum Gasteiger partial charge on any atom is 0.416 e. The fraction of sp³-hybridized carbons (Fsp3) is 0.185. The maximum atomic E-state index is 13.5. The molecule has 7 heteroatoms. The van der Waals surface area contributed by atoms with Crippen molar-refractivity contribution in [3.05, 3.63) is 113 Å². The van der Waals surface area contributed by atoms with E-state index in [1.54, 1.807) is 42.5 Å². The molecule has 0 spiro atoms. The molecule has 0 atom stereocenters. The lowest BCUT2D eigenvalue weighted by atomic mass is 10.0. The van der Waals surface area contributed by atoms with Crippen LogP contribution in [0.4, 0.5) is 18.9 Å². The first-order valence-corrected chi connectivity index (χ1v) is 10.7. The molecule has 0 bridgehead atoms. The van der Waals surface area contributed by atoms with Crippen molar-refractivity contribution in [3.8, 4) is 0 Å². The minimum absolute atomic E-state index is 0.0878. The molecule has 0 aromatic heterocycles. The number of hydrogen-bond acceptors (Lipinski definition) is 2. The van der Waals surface area contributed by atoms with E-state index in [9.17, 15) is 22.8 Å². The van der Waals surface area contributed by atoms with E-state index in [-0.39, 0.29) is 24.8 Å². The fourth-order valence-corrected chi connectivity index (χ4v) is 3.45. The van der Waals surface area contributed by atoms with Gasteiger partial charge in [0.1, 0.15) is 0 Å². The van der Waals surface area contributed by atoms with Crippen LogP contribution < -0.4 is 10.2 Å². The van der Waals surface area contributed by atoms with Crippen molar-refractivity contribution in [2.45, 2.75) is 26.1 Å². The Morgan fingerprint density at radius 2 is 1.56 bits per heavy atom. The van der Waals surface area contributed by atoms with Gasteiger partial charge in [-0.15, -0.1) is 6.58 Å². The molecule has 176 valence electrons. The number of amides is 2. The molecule has 0 aliphatic heterocycles. The van der Waals surface area contributed by atoms with Crippen LogP contribution in [0.1, 0.15) is 32.6 Å². The third kappa shape index (κ3) is 6.34. The summed E-state index contributed by atoms with van der Waals surface area (Å²) in [5.41, 5.74) is 2.45. The highest BCUT2D eigenvalue weighted by atomic mass is 19.4. The van der Waals surface area contributed by atoms with Crippen molar-refractivity contribution >= 4 is 17.5 Å². The minimum atomic E-state index is -4.43. The average Bonchev–Trinajstić information content (AvgIpc) is 2.81. The number of hydrogen-bond donors (Lipinski definition) is 1. The number of aryl methyl sites for hydroxylation is 1. The monoisotopic (exact) mass is 466 g/mol. The summed E-state index contributed by atoms with van der Waals surface area (Å²) >= 11 is 0. The number of halogens is 3. The molecular weight excluding hydrogens is 441 g/mol. The summed E-state index contributed by atoms with van der Waals surface area (Å²) in [7, 11) is 0. The summed E-state index contributed by atoms with van der Waals surface area (Å²) in [5.74, 6) is -0.417. The topological polar surface area (TPSA) is 49.4 Å². The molecule has 0 unspecified atom stereocenters. The highest BCUT2D eigenvalue weighted by molar-refractivity contribution is 6.07. The normalized spacial score (nSPS) is 11.1. The first-order chi connectivity index (χ1) is 16.2. The summed E-state index contributed by atoms with van der Waals surface area (Å²) in [6, 6.07) is 18.9. The number of carbonyl (C=O) groups is 2. The van der Waals surface area contributed by atoms with Crippen LogP contribution in [0.15, 0.2) is 85.5 Å². The number of alkyl halides is 3. The third-order valence-corrected chi connectivity index (χ3v) is 5.30. The number of nitrogens with zero attached hydrogens (tertiary/aromatic N) is 1. The molecule has 1 N–H and O–H groups in total. The quantitative estimate of drug-likeness (QED) is 0.433. The van der Waals surface area contributed by atoms with Gasteiger partial charge in [0.15, 0.2) is 0 Å². The molecule has 2 amide bonds. The maximum absolute atomic E-state index is 13.5. The lowest BCUT2D eigenvalue weighted by Gasteiger charge is -2.24. The molecule has 0 heterocycles. The summed E-state index contributed by atoms with van der Waals surface area (Å²) in [6.45, 7) is 5.85. The fourth-order valence-electron chi connectivity index (χ4n) is 3.45. The summed E-state index contributed by atoms with van der Waals surface area (Å²) in [6.07, 6.45) is -2.65. The van der Waals surface area contributed by atoms with Gasteiger partial charge in [-0.05, 0) is 53.9 Å². The van der Waals surface area contributed by atoms with Gasteiger partial charge in [0.25, 0.3) is 5.91 Å². The van der Waals surface area contributed by atoms with Gasteiger partial charge in [-0.3, -0.25) is 9.59 Å². The standard InChI is InChI=1S/C27H25F3N2O2/c1-3-16-31-25(33)17-20-10-14-23(15-11-20)32(26(34)24-7-5-4-6-19(24)2)18-21-8-12-22(13-9-21)27(28,29)30/h3-15H,1,16-18H2,2H3,(H,31,33). The first kappa shape index (κ1) is 24.8. The predicted molar refractivity (Wildman–Crippen MR) is 126 cm³/mol. The summed E-state index contributed by atoms with van der Waals surface area (Å²) in [4.78, 5) is 26.9. The smallest absolute Gasteiger partial charge is 0.352 e. The van der Waals surface area contributed by atoms with Crippen LogP contribution in [0.25, 0.3) is 0 Å². The number of rotatable bonds is 8. The van der Waals surface area contributed by atoms with Crippen LogP contribution in [-0.2, 0) is 23.9 Å². The van der Waals surface area contributed by atoms with E-state index in [4.69, 9.17) is 0 Å². The number of anilines is 1. The molecular formula is C27H25F3N2O2. The van der Waals surface area contributed by atoms with Crippen LogP contribution in [0.3, 0.4) is 0 Å².